The highest BCUT2D eigenvalue weighted by Gasteiger charge is 2.49. The van der Waals surface area contributed by atoms with Gasteiger partial charge >= 0.3 is 5.97 Å². The highest BCUT2D eigenvalue weighted by Crippen LogP contribution is 2.36. The van der Waals surface area contributed by atoms with Gasteiger partial charge in [-0.25, -0.2) is 4.98 Å². The first-order valence-electron chi connectivity index (χ1n) is 12.4. The Morgan fingerprint density at radius 1 is 1.00 bits per heavy atom. The molecule has 190 valence electrons. The molecule has 4 heterocycles. The van der Waals surface area contributed by atoms with Crippen LogP contribution >= 0.6 is 11.6 Å². The maximum atomic E-state index is 11.9. The van der Waals surface area contributed by atoms with Gasteiger partial charge in [0, 0.05) is 11.5 Å². The second kappa shape index (κ2) is 10.1. The highest BCUT2D eigenvalue weighted by atomic mass is 35.5. The predicted molar refractivity (Wildman–Crippen MR) is 138 cm³/mol. The second-order valence-corrected chi connectivity index (χ2v) is 9.60. The Balaban J connectivity index is 1.17. The minimum Gasteiger partial charge on any atom is -0.466 e. The number of fused-ring (bicyclic) bond motifs is 2. The third-order valence-corrected chi connectivity index (χ3v) is 7.07. The maximum absolute atomic E-state index is 11.9. The van der Waals surface area contributed by atoms with Gasteiger partial charge in [0.2, 0.25) is 0 Å². The number of hydrogen-bond donors (Lipinski definition) is 1. The quantitative estimate of drug-likeness (QED) is 0.341. The number of imidazole rings is 1. The number of carbonyl (C=O) groups is 1. The van der Waals surface area contributed by atoms with Gasteiger partial charge in [-0.2, -0.15) is 4.98 Å². The lowest BCUT2D eigenvalue weighted by atomic mass is 9.98. The minimum atomic E-state index is -0.349. The molecule has 0 spiro atoms. The molecule has 0 bridgehead atoms. The van der Waals surface area contributed by atoms with E-state index in [1.807, 2.05) is 30.3 Å². The molecule has 2 aliphatic rings. The van der Waals surface area contributed by atoms with Crippen LogP contribution in [0.2, 0.25) is 5.02 Å². The summed E-state index contributed by atoms with van der Waals surface area (Å²) in [5.41, 5.74) is 4.99. The molecule has 8 nitrogen and oxygen atoms in total. The molecule has 0 aliphatic carbocycles. The summed E-state index contributed by atoms with van der Waals surface area (Å²) in [6.07, 6.45) is -0.568. The Kier molecular flexibility index (Phi) is 6.54. The van der Waals surface area contributed by atoms with Crippen molar-refractivity contribution in [2.75, 3.05) is 19.8 Å². The fourth-order valence-corrected chi connectivity index (χ4v) is 5.26. The Morgan fingerprint density at radius 3 is 2.51 bits per heavy atom. The SMILES string of the molecule is CCOC(=O)CC1COC2C(Oc3nc4nc(-c5ccc(-c6ccccc6)cc5)c(Cl)cc4[nH]3)COC12. The molecular weight excluding hydrogens is 494 g/mol. The van der Waals surface area contributed by atoms with Crippen LogP contribution in [0.1, 0.15) is 13.3 Å². The van der Waals surface area contributed by atoms with Crippen molar-refractivity contribution in [1.82, 2.24) is 15.0 Å². The molecule has 4 aromatic rings. The summed E-state index contributed by atoms with van der Waals surface area (Å²) in [4.78, 5) is 24.3. The van der Waals surface area contributed by atoms with Gasteiger partial charge < -0.3 is 23.9 Å². The summed E-state index contributed by atoms with van der Waals surface area (Å²) in [5.74, 6) is -0.292. The van der Waals surface area contributed by atoms with Gasteiger partial charge in [0.1, 0.15) is 6.10 Å². The van der Waals surface area contributed by atoms with Crippen molar-refractivity contribution in [3.05, 3.63) is 65.7 Å². The summed E-state index contributed by atoms with van der Waals surface area (Å²) < 4.78 is 23.0. The molecule has 0 radical (unpaired) electrons. The van der Waals surface area contributed by atoms with E-state index >= 15 is 0 Å². The number of pyridine rings is 1. The van der Waals surface area contributed by atoms with Crippen LogP contribution < -0.4 is 4.74 Å². The largest absolute Gasteiger partial charge is 0.466 e. The molecule has 4 atom stereocenters. The van der Waals surface area contributed by atoms with Gasteiger partial charge in [0.05, 0.1) is 48.6 Å². The lowest BCUT2D eigenvalue weighted by Crippen LogP contribution is -2.34. The number of ether oxygens (including phenoxy) is 4. The number of hydrogen-bond acceptors (Lipinski definition) is 7. The standard InChI is InChI=1S/C28H26ClN3O5/c1-2-34-23(33)12-19-14-35-26-22(15-36-25(19)26)37-28-30-21-13-20(29)24(31-27(21)32-28)18-10-8-17(9-11-18)16-6-4-3-5-7-16/h3-11,13,19,22,25-26H,2,12,14-15H2,1H3,(H,30,31,32). The van der Waals surface area contributed by atoms with Crippen molar-refractivity contribution in [3.8, 4) is 28.4 Å². The van der Waals surface area contributed by atoms with Gasteiger partial charge in [0.15, 0.2) is 11.8 Å². The number of rotatable bonds is 7. The summed E-state index contributed by atoms with van der Waals surface area (Å²) in [6, 6.07) is 20.4. The van der Waals surface area contributed by atoms with Crippen LogP contribution in [0.25, 0.3) is 33.5 Å². The second-order valence-electron chi connectivity index (χ2n) is 9.20. The number of esters is 1. The van der Waals surface area contributed by atoms with Crippen LogP contribution in [0.5, 0.6) is 6.01 Å². The zero-order valence-corrected chi connectivity index (χ0v) is 21.0. The Morgan fingerprint density at radius 2 is 1.73 bits per heavy atom. The third kappa shape index (κ3) is 4.80. The first-order valence-corrected chi connectivity index (χ1v) is 12.7. The summed E-state index contributed by atoms with van der Waals surface area (Å²) >= 11 is 6.60. The van der Waals surface area contributed by atoms with E-state index in [2.05, 4.69) is 34.2 Å². The third-order valence-electron chi connectivity index (χ3n) is 6.78. The lowest BCUT2D eigenvalue weighted by molar-refractivity contribution is -0.145. The van der Waals surface area contributed by atoms with Crippen LogP contribution in [0.3, 0.4) is 0 Å². The normalized spacial score (nSPS) is 22.8. The van der Waals surface area contributed by atoms with E-state index in [4.69, 9.17) is 35.5 Å². The van der Waals surface area contributed by atoms with Crippen molar-refractivity contribution < 1.29 is 23.7 Å². The average molecular weight is 520 g/mol. The van der Waals surface area contributed by atoms with E-state index in [-0.39, 0.29) is 36.6 Å². The fraction of sp³-hybridized carbons (Fsp3) is 0.321. The number of aromatic nitrogens is 3. The first kappa shape index (κ1) is 23.9. The number of nitrogens with zero attached hydrogens (tertiary/aromatic N) is 2. The average Bonchev–Trinajstić information content (AvgIpc) is 3.61. The Bertz CT molecular complexity index is 1410. The number of halogens is 1. The van der Waals surface area contributed by atoms with E-state index in [9.17, 15) is 4.79 Å². The molecule has 4 unspecified atom stereocenters. The highest BCUT2D eigenvalue weighted by molar-refractivity contribution is 6.33. The van der Waals surface area contributed by atoms with E-state index < -0.39 is 0 Å². The minimum absolute atomic E-state index is 0.0513. The van der Waals surface area contributed by atoms with Crippen LogP contribution in [-0.2, 0) is 19.0 Å². The molecule has 37 heavy (non-hydrogen) atoms. The van der Waals surface area contributed by atoms with Crippen molar-refractivity contribution in [2.24, 2.45) is 5.92 Å². The van der Waals surface area contributed by atoms with E-state index in [1.54, 1.807) is 13.0 Å². The van der Waals surface area contributed by atoms with Gasteiger partial charge in [0.25, 0.3) is 6.01 Å². The van der Waals surface area contributed by atoms with E-state index in [1.165, 1.54) is 0 Å². The van der Waals surface area contributed by atoms with Crippen molar-refractivity contribution in [1.29, 1.82) is 0 Å². The number of nitrogens with one attached hydrogen (secondary N) is 1. The molecule has 9 heteroatoms. The topological polar surface area (TPSA) is 95.6 Å². The molecule has 2 aliphatic heterocycles. The Labute approximate surface area is 218 Å². The fourth-order valence-electron chi connectivity index (χ4n) is 5.00. The van der Waals surface area contributed by atoms with Gasteiger partial charge in [-0.15, -0.1) is 0 Å². The zero-order chi connectivity index (χ0) is 25.4. The van der Waals surface area contributed by atoms with Crippen LogP contribution in [0.4, 0.5) is 0 Å². The number of H-pyrrole nitrogens is 1. The van der Waals surface area contributed by atoms with Crippen molar-refractivity contribution in [2.45, 2.75) is 31.7 Å². The summed E-state index contributed by atoms with van der Waals surface area (Å²) in [5, 5.41) is 0.514. The molecule has 2 aromatic carbocycles. The number of benzene rings is 2. The molecule has 2 saturated heterocycles. The van der Waals surface area contributed by atoms with Gasteiger partial charge in [-0.05, 0) is 24.1 Å². The monoisotopic (exact) mass is 519 g/mol. The predicted octanol–water partition coefficient (Wildman–Crippen LogP) is 5.06. The Hall–Kier alpha value is -3.46. The van der Waals surface area contributed by atoms with Crippen molar-refractivity contribution in [3.63, 3.8) is 0 Å². The summed E-state index contributed by atoms with van der Waals surface area (Å²) in [6.45, 7) is 2.93. The van der Waals surface area contributed by atoms with Gasteiger partial charge in [-0.3, -0.25) is 4.79 Å². The molecule has 2 aromatic heterocycles. The van der Waals surface area contributed by atoms with E-state index in [0.29, 0.717) is 47.7 Å². The molecular formula is C28H26ClN3O5. The van der Waals surface area contributed by atoms with E-state index in [0.717, 1.165) is 16.7 Å². The smallest absolute Gasteiger partial charge is 0.306 e. The molecule has 0 amide bonds. The van der Waals surface area contributed by atoms with Crippen LogP contribution in [0, 0.1) is 5.92 Å². The molecule has 0 saturated carbocycles. The zero-order valence-electron chi connectivity index (χ0n) is 20.2. The maximum Gasteiger partial charge on any atom is 0.306 e. The number of aromatic amines is 1. The first-order chi connectivity index (χ1) is 18.1. The summed E-state index contributed by atoms with van der Waals surface area (Å²) in [7, 11) is 0. The molecule has 6 rings (SSSR count). The molecule has 2 fully saturated rings. The molecule has 1 N–H and O–H groups in total. The van der Waals surface area contributed by atoms with Crippen molar-refractivity contribution >= 4 is 28.7 Å². The number of carbonyl (C=O) groups excluding carboxylic acids is 1. The van der Waals surface area contributed by atoms with Crippen LogP contribution in [0.15, 0.2) is 60.7 Å². The van der Waals surface area contributed by atoms with Gasteiger partial charge in [-0.1, -0.05) is 66.2 Å². The van der Waals surface area contributed by atoms with Crippen LogP contribution in [-0.4, -0.2) is 59.1 Å². The lowest BCUT2D eigenvalue weighted by Gasteiger charge is -2.16.